The number of amides is 2. The van der Waals surface area contributed by atoms with Gasteiger partial charge in [-0.25, -0.2) is 18.6 Å². The van der Waals surface area contributed by atoms with Gasteiger partial charge in [-0.3, -0.25) is 14.7 Å². The van der Waals surface area contributed by atoms with Crippen molar-refractivity contribution in [3.63, 3.8) is 0 Å². The summed E-state index contributed by atoms with van der Waals surface area (Å²) in [4.78, 5) is 33.4. The van der Waals surface area contributed by atoms with E-state index < -0.39 is 25.5 Å². The van der Waals surface area contributed by atoms with Gasteiger partial charge in [0, 0.05) is 44.6 Å². The van der Waals surface area contributed by atoms with Crippen LogP contribution in [0.2, 0.25) is 0 Å². The molecule has 2 aromatic rings. The molecule has 2 saturated carbocycles. The summed E-state index contributed by atoms with van der Waals surface area (Å²) in [7, 11) is 4.67. The smallest absolute Gasteiger partial charge is 0.407 e. The zero-order chi connectivity index (χ0) is 36.2. The molecule has 2 aliphatic carbocycles. The van der Waals surface area contributed by atoms with E-state index in [0.29, 0.717) is 5.82 Å². The maximum atomic E-state index is 12.7. The number of rotatable bonds is 10. The number of hydrogen-bond donors (Lipinski definition) is 2. The zero-order valence-corrected chi connectivity index (χ0v) is 30.2. The summed E-state index contributed by atoms with van der Waals surface area (Å²) < 4.78 is 32.7. The van der Waals surface area contributed by atoms with Crippen LogP contribution in [-0.4, -0.2) is 69.9 Å². The van der Waals surface area contributed by atoms with E-state index in [-0.39, 0.29) is 19.3 Å². The van der Waals surface area contributed by atoms with Crippen molar-refractivity contribution in [3.8, 4) is 5.75 Å². The molecule has 2 amide bonds. The van der Waals surface area contributed by atoms with Gasteiger partial charge in [0.1, 0.15) is 24.9 Å². The molecule has 2 fully saturated rings. The summed E-state index contributed by atoms with van der Waals surface area (Å²) in [5.41, 5.74) is 10.2. The number of nitrogens with zero attached hydrogens (tertiary/aromatic N) is 3. The van der Waals surface area contributed by atoms with Crippen molar-refractivity contribution in [2.24, 2.45) is 16.6 Å². The average Bonchev–Trinajstić information content (AvgIpc) is 3.14. The Kier molecular flexibility index (Phi) is 19.0. The van der Waals surface area contributed by atoms with Crippen LogP contribution in [0.25, 0.3) is 5.57 Å². The lowest BCUT2D eigenvalue weighted by molar-refractivity contribution is -0.123. The highest BCUT2D eigenvalue weighted by molar-refractivity contribution is 6.10. The number of methoxy groups -OCH3 is 2. The van der Waals surface area contributed by atoms with Crippen molar-refractivity contribution in [3.05, 3.63) is 59.4 Å². The Morgan fingerprint density at radius 3 is 2.20 bits per heavy atom. The number of benzene rings is 1. The second-order valence-corrected chi connectivity index (χ2v) is 12.8. The molecule has 1 aromatic carbocycles. The molecule has 0 unspecified atom stereocenters. The van der Waals surface area contributed by atoms with Crippen LogP contribution in [0, 0.1) is 12.8 Å². The number of alkyl halides is 2. The Labute approximate surface area is 293 Å². The van der Waals surface area contributed by atoms with Crippen LogP contribution in [0.15, 0.2) is 47.7 Å². The number of ether oxygens (including phenoxy) is 2. The van der Waals surface area contributed by atoms with Crippen molar-refractivity contribution in [2.75, 3.05) is 39.5 Å². The highest BCUT2D eigenvalue weighted by atomic mass is 19.1. The van der Waals surface area contributed by atoms with E-state index in [1.165, 1.54) is 55.9 Å². The van der Waals surface area contributed by atoms with Crippen LogP contribution in [0.5, 0.6) is 5.75 Å². The number of carbonyl (C=O) groups is 2. The third-order valence-corrected chi connectivity index (χ3v) is 8.77. The molecule has 3 N–H and O–H groups in total. The predicted molar refractivity (Wildman–Crippen MR) is 197 cm³/mol. The first-order chi connectivity index (χ1) is 23.6. The quantitative estimate of drug-likeness (QED) is 0.242. The Morgan fingerprint density at radius 2 is 1.67 bits per heavy atom. The first kappa shape index (κ1) is 41.2. The highest BCUT2D eigenvalue weighted by Gasteiger charge is 2.25. The molecule has 0 atom stereocenters. The van der Waals surface area contributed by atoms with Crippen molar-refractivity contribution in [2.45, 2.75) is 103 Å². The van der Waals surface area contributed by atoms with Crippen molar-refractivity contribution in [1.82, 2.24) is 10.3 Å². The van der Waals surface area contributed by atoms with E-state index in [4.69, 9.17) is 10.5 Å². The predicted octanol–water partition coefficient (Wildman–Crippen LogP) is 8.35. The number of alkyl carbamates (subject to hydrolysis) is 1. The SMILES string of the molecule is CC(C)N=C/C(=C\N)c1ccnc(N(C)C(=O)C2CCCCC2)c1.COC(=O)NC(CF)CF.COc1ccc(C2CCCCC2)cc1C.[HH]. The summed E-state index contributed by atoms with van der Waals surface area (Å²) in [5.74, 6) is 2.74. The summed E-state index contributed by atoms with van der Waals surface area (Å²) in [6.07, 6.45) is 16.6. The Balaban J connectivity index is 0.000000411. The molecule has 0 radical (unpaired) electrons. The summed E-state index contributed by atoms with van der Waals surface area (Å²) in [6, 6.07) is 9.55. The molecule has 0 saturated heterocycles. The molecule has 9 nitrogen and oxygen atoms in total. The van der Waals surface area contributed by atoms with Gasteiger partial charge < -0.3 is 20.5 Å². The zero-order valence-electron chi connectivity index (χ0n) is 30.2. The minimum atomic E-state index is -1.08. The molecule has 11 heteroatoms. The van der Waals surface area contributed by atoms with Gasteiger partial charge in [0.15, 0.2) is 0 Å². The number of anilines is 1. The first-order valence-electron chi connectivity index (χ1n) is 17.4. The molecular formula is C38H59F2N5O4. The second kappa shape index (κ2) is 22.6. The number of nitrogens with one attached hydrogen (secondary N) is 1. The van der Waals surface area contributed by atoms with Crippen LogP contribution >= 0.6 is 0 Å². The number of aliphatic imine (C=N–C) groups is 1. The molecule has 0 spiro atoms. The molecule has 49 heavy (non-hydrogen) atoms. The number of halogens is 2. The average molecular weight is 688 g/mol. The van der Waals surface area contributed by atoms with Crippen LogP contribution in [0.1, 0.15) is 102 Å². The number of pyridine rings is 1. The van der Waals surface area contributed by atoms with Crippen LogP contribution in [0.3, 0.4) is 0 Å². The van der Waals surface area contributed by atoms with Gasteiger partial charge in [-0.15, -0.1) is 0 Å². The fourth-order valence-electron chi connectivity index (χ4n) is 5.90. The minimum Gasteiger partial charge on any atom is -0.496 e. The normalized spacial score (nSPS) is 15.6. The minimum absolute atomic E-state index is 0. The third-order valence-electron chi connectivity index (χ3n) is 8.77. The Morgan fingerprint density at radius 1 is 1.04 bits per heavy atom. The van der Waals surface area contributed by atoms with Crippen LogP contribution in [-0.2, 0) is 9.53 Å². The largest absolute Gasteiger partial charge is 0.496 e. The number of nitrogens with two attached hydrogens (primary N) is 1. The van der Waals surface area contributed by atoms with Gasteiger partial charge >= 0.3 is 6.09 Å². The molecule has 0 bridgehead atoms. The molecule has 0 aliphatic heterocycles. The first-order valence-corrected chi connectivity index (χ1v) is 17.4. The Hall–Kier alpha value is -4.02. The standard InChI is InChI=1S/C19H28N4O.C14H20O.C5H9F2NO2.H2/c1-14(2)22-13-17(12-20)16-9-10-21-18(11-16)23(3)19(24)15-7-5-4-6-8-15;1-11-10-13(8-9-14(11)15-2)12-6-4-3-5-7-12;1-10-5(9)8-4(2-6)3-7;/h9-15H,4-8,20H2,1-3H3;8-10,12H,3-7H2,1-2H3;4H,2-3H2,1H3,(H,8,9);1H/b17-12+,22-13?;;;. The lowest BCUT2D eigenvalue weighted by atomic mass is 9.83. The molecule has 1 aromatic heterocycles. The van der Waals surface area contributed by atoms with Crippen molar-refractivity contribution >= 4 is 29.6 Å². The summed E-state index contributed by atoms with van der Waals surface area (Å²) in [6.45, 7) is 4.31. The van der Waals surface area contributed by atoms with Crippen molar-refractivity contribution < 1.29 is 29.3 Å². The lowest BCUT2D eigenvalue weighted by Crippen LogP contribution is -2.37. The fourth-order valence-corrected chi connectivity index (χ4v) is 5.90. The van der Waals surface area contributed by atoms with Gasteiger partial charge in [-0.2, -0.15) is 0 Å². The van der Waals surface area contributed by atoms with Crippen molar-refractivity contribution in [1.29, 1.82) is 0 Å². The monoisotopic (exact) mass is 687 g/mol. The number of allylic oxidation sites excluding steroid dienone is 1. The maximum Gasteiger partial charge on any atom is 0.407 e. The van der Waals surface area contributed by atoms with E-state index in [1.54, 1.807) is 31.5 Å². The number of hydrogen-bond acceptors (Lipinski definition) is 7. The van der Waals surface area contributed by atoms with Gasteiger partial charge in [0.2, 0.25) is 5.91 Å². The summed E-state index contributed by atoms with van der Waals surface area (Å²) in [5, 5.41) is 1.95. The molecule has 4 rings (SSSR count). The lowest BCUT2D eigenvalue weighted by Gasteiger charge is -2.26. The number of aromatic nitrogens is 1. The summed E-state index contributed by atoms with van der Waals surface area (Å²) >= 11 is 0. The maximum absolute atomic E-state index is 12.7. The van der Waals surface area contributed by atoms with Gasteiger partial charge in [0.05, 0.1) is 20.3 Å². The second-order valence-electron chi connectivity index (χ2n) is 12.8. The molecule has 274 valence electrons. The topological polar surface area (TPSA) is 119 Å². The third kappa shape index (κ3) is 14.2. The van der Waals surface area contributed by atoms with Crippen LogP contribution in [0.4, 0.5) is 19.4 Å². The molecular weight excluding hydrogens is 628 g/mol. The van der Waals surface area contributed by atoms with E-state index in [9.17, 15) is 18.4 Å². The molecule has 2 aliphatic rings. The van der Waals surface area contributed by atoms with E-state index in [2.05, 4.69) is 39.8 Å². The molecule has 1 heterocycles. The Bertz CT molecular complexity index is 1340. The van der Waals surface area contributed by atoms with E-state index in [0.717, 1.165) is 55.6 Å². The fraction of sp³-hybridized carbons (Fsp3) is 0.579. The van der Waals surface area contributed by atoms with Gasteiger partial charge in [-0.05, 0) is 87.3 Å². The van der Waals surface area contributed by atoms with Gasteiger partial charge in [0.25, 0.3) is 0 Å². The van der Waals surface area contributed by atoms with Crippen LogP contribution < -0.4 is 20.7 Å². The van der Waals surface area contributed by atoms with E-state index >= 15 is 0 Å². The highest BCUT2D eigenvalue weighted by Crippen LogP contribution is 2.34. The van der Waals surface area contributed by atoms with Gasteiger partial charge in [-0.1, -0.05) is 50.7 Å². The number of carbonyl (C=O) groups excluding carboxylic acids is 2. The number of aryl methyl sites for hydroxylation is 1. The van der Waals surface area contributed by atoms with E-state index in [1.807, 2.05) is 31.3 Å².